The highest BCUT2D eigenvalue weighted by molar-refractivity contribution is 9.11. The number of ether oxygens (including phenoxy) is 1. The minimum absolute atomic E-state index is 0.0460. The molecule has 0 radical (unpaired) electrons. The van der Waals surface area contributed by atoms with Gasteiger partial charge >= 0.3 is 6.03 Å². The van der Waals surface area contributed by atoms with Crippen LogP contribution in [0.15, 0.2) is 15.9 Å². The van der Waals surface area contributed by atoms with Crippen LogP contribution in [-0.2, 0) is 11.3 Å². The average molecular weight is 345 g/mol. The lowest BCUT2D eigenvalue weighted by Crippen LogP contribution is -2.53. The molecule has 1 aromatic heterocycles. The summed E-state index contributed by atoms with van der Waals surface area (Å²) in [6, 6.07) is 4.37. The normalized spacial score (nSPS) is 23.4. The minimum Gasteiger partial charge on any atom is -0.377 e. The molecule has 2 fully saturated rings. The van der Waals surface area contributed by atoms with E-state index in [1.54, 1.807) is 11.3 Å². The second kappa shape index (κ2) is 5.81. The van der Waals surface area contributed by atoms with Gasteiger partial charge in [-0.2, -0.15) is 0 Å². The van der Waals surface area contributed by atoms with Crippen molar-refractivity contribution in [3.8, 4) is 0 Å². The fraction of sp³-hybridized carbons (Fsp3) is 0.615. The number of hydrogen-bond donors (Lipinski definition) is 1. The molecule has 104 valence electrons. The van der Waals surface area contributed by atoms with E-state index < -0.39 is 0 Å². The maximum Gasteiger partial charge on any atom is 0.318 e. The van der Waals surface area contributed by atoms with Gasteiger partial charge < -0.3 is 15.0 Å². The van der Waals surface area contributed by atoms with Crippen LogP contribution in [0.4, 0.5) is 4.79 Å². The molecule has 1 aromatic rings. The number of carbonyl (C=O) groups is 1. The van der Waals surface area contributed by atoms with E-state index in [0.29, 0.717) is 32.2 Å². The summed E-state index contributed by atoms with van der Waals surface area (Å²) in [6.45, 7) is 2.66. The van der Waals surface area contributed by atoms with Gasteiger partial charge in [-0.05, 0) is 46.8 Å². The predicted octanol–water partition coefficient (Wildman–Crippen LogP) is 2.83. The molecule has 1 unspecified atom stereocenters. The van der Waals surface area contributed by atoms with E-state index in [-0.39, 0.29) is 12.1 Å². The molecule has 4 nitrogen and oxygen atoms in total. The highest BCUT2D eigenvalue weighted by Crippen LogP contribution is 2.36. The summed E-state index contributed by atoms with van der Waals surface area (Å²) in [5.41, 5.74) is 0. The average Bonchev–Trinajstić information content (AvgIpc) is 3.19. The Morgan fingerprint density at radius 3 is 3.05 bits per heavy atom. The molecular formula is C13H17BrN2O2S. The lowest BCUT2D eigenvalue weighted by Gasteiger charge is -2.35. The first-order valence-electron chi connectivity index (χ1n) is 6.60. The molecule has 2 amide bonds. The fourth-order valence-corrected chi connectivity index (χ4v) is 3.88. The Hall–Kier alpha value is -0.590. The van der Waals surface area contributed by atoms with Gasteiger partial charge in [-0.25, -0.2) is 4.79 Å². The first kappa shape index (κ1) is 13.4. The summed E-state index contributed by atoms with van der Waals surface area (Å²) in [5, 5.41) is 3.02. The lowest BCUT2D eigenvalue weighted by atomic mass is 10.1. The molecule has 3 rings (SSSR count). The van der Waals surface area contributed by atoms with Crippen molar-refractivity contribution in [3.63, 3.8) is 0 Å². The third kappa shape index (κ3) is 3.30. The number of nitrogens with zero attached hydrogens (tertiary/aromatic N) is 1. The van der Waals surface area contributed by atoms with E-state index in [2.05, 4.69) is 21.2 Å². The number of halogens is 1. The Morgan fingerprint density at radius 2 is 2.37 bits per heavy atom. The molecule has 1 atom stereocenters. The predicted molar refractivity (Wildman–Crippen MR) is 78.3 cm³/mol. The first-order valence-corrected chi connectivity index (χ1v) is 8.21. The van der Waals surface area contributed by atoms with Gasteiger partial charge in [0.1, 0.15) is 0 Å². The van der Waals surface area contributed by atoms with Gasteiger partial charge in [0.15, 0.2) is 0 Å². The summed E-state index contributed by atoms with van der Waals surface area (Å²) in [6.07, 6.45) is 2.46. The second-order valence-electron chi connectivity index (χ2n) is 5.04. The molecule has 1 aliphatic carbocycles. The summed E-state index contributed by atoms with van der Waals surface area (Å²) < 4.78 is 6.60. The minimum atomic E-state index is 0.0460. The van der Waals surface area contributed by atoms with Gasteiger partial charge in [0.25, 0.3) is 0 Å². The van der Waals surface area contributed by atoms with Crippen LogP contribution in [0, 0.1) is 5.92 Å². The van der Waals surface area contributed by atoms with E-state index in [1.165, 1.54) is 12.8 Å². The molecule has 19 heavy (non-hydrogen) atoms. The zero-order chi connectivity index (χ0) is 13.2. The first-order chi connectivity index (χ1) is 9.24. The van der Waals surface area contributed by atoms with Crippen LogP contribution in [0.25, 0.3) is 0 Å². The largest absolute Gasteiger partial charge is 0.377 e. The standard InChI is InChI=1S/C13H17BrN2O2S/c14-12-4-3-10(19-12)7-15-13(17)16-5-6-18-8-11(16)9-1-2-9/h3-4,9,11H,1-2,5-8H2,(H,15,17). The van der Waals surface area contributed by atoms with Crippen molar-refractivity contribution >= 4 is 33.3 Å². The summed E-state index contributed by atoms with van der Waals surface area (Å²) in [7, 11) is 0. The maximum atomic E-state index is 12.3. The smallest absolute Gasteiger partial charge is 0.318 e. The molecule has 6 heteroatoms. The fourth-order valence-electron chi connectivity index (χ4n) is 2.46. The van der Waals surface area contributed by atoms with Gasteiger partial charge in [0.2, 0.25) is 0 Å². The molecule has 0 aromatic carbocycles. The Balaban J connectivity index is 1.56. The molecule has 1 saturated carbocycles. The van der Waals surface area contributed by atoms with Gasteiger partial charge in [0, 0.05) is 11.4 Å². The number of nitrogens with one attached hydrogen (secondary N) is 1. The van der Waals surface area contributed by atoms with Crippen molar-refractivity contribution < 1.29 is 9.53 Å². The Bertz CT molecular complexity index is 461. The topological polar surface area (TPSA) is 41.6 Å². The van der Waals surface area contributed by atoms with E-state index in [1.807, 2.05) is 17.0 Å². The van der Waals surface area contributed by atoms with Crippen LogP contribution in [0.3, 0.4) is 0 Å². The van der Waals surface area contributed by atoms with Crippen molar-refractivity contribution in [3.05, 3.63) is 20.8 Å². The second-order valence-corrected chi connectivity index (χ2v) is 7.59. The lowest BCUT2D eigenvalue weighted by molar-refractivity contribution is 0.00465. The number of hydrogen-bond acceptors (Lipinski definition) is 3. The third-order valence-corrected chi connectivity index (χ3v) is 5.26. The van der Waals surface area contributed by atoms with Gasteiger partial charge in [-0.3, -0.25) is 0 Å². The number of urea groups is 1. The SMILES string of the molecule is O=C(NCc1ccc(Br)s1)N1CCOCC1C1CC1. The van der Waals surface area contributed by atoms with E-state index in [9.17, 15) is 4.79 Å². The van der Waals surface area contributed by atoms with Crippen molar-refractivity contribution in [2.24, 2.45) is 5.92 Å². The molecule has 1 aliphatic heterocycles. The van der Waals surface area contributed by atoms with Crippen molar-refractivity contribution in [2.75, 3.05) is 19.8 Å². The van der Waals surface area contributed by atoms with Crippen molar-refractivity contribution in [1.29, 1.82) is 0 Å². The number of amides is 2. The molecule has 1 N–H and O–H groups in total. The summed E-state index contributed by atoms with van der Waals surface area (Å²) in [5.74, 6) is 0.655. The van der Waals surface area contributed by atoms with Crippen LogP contribution >= 0.6 is 27.3 Å². The third-order valence-electron chi connectivity index (χ3n) is 3.64. The van der Waals surface area contributed by atoms with Crippen molar-refractivity contribution in [2.45, 2.75) is 25.4 Å². The zero-order valence-corrected chi connectivity index (χ0v) is 13.0. The van der Waals surface area contributed by atoms with E-state index in [4.69, 9.17) is 4.74 Å². The Labute approximate surface area is 125 Å². The zero-order valence-electron chi connectivity index (χ0n) is 10.6. The number of rotatable bonds is 3. The van der Waals surface area contributed by atoms with E-state index >= 15 is 0 Å². The summed E-state index contributed by atoms with van der Waals surface area (Å²) >= 11 is 5.09. The van der Waals surface area contributed by atoms with Crippen LogP contribution in [-0.4, -0.2) is 36.7 Å². The molecule has 2 aliphatic rings. The number of morpholine rings is 1. The van der Waals surface area contributed by atoms with Gasteiger partial charge in [-0.1, -0.05) is 0 Å². The number of thiophene rings is 1. The number of carbonyl (C=O) groups excluding carboxylic acids is 1. The Morgan fingerprint density at radius 1 is 1.53 bits per heavy atom. The van der Waals surface area contributed by atoms with Crippen LogP contribution in [0.1, 0.15) is 17.7 Å². The maximum absolute atomic E-state index is 12.3. The van der Waals surface area contributed by atoms with Gasteiger partial charge in [0.05, 0.1) is 29.6 Å². The van der Waals surface area contributed by atoms with Crippen LogP contribution in [0.5, 0.6) is 0 Å². The molecule has 2 heterocycles. The van der Waals surface area contributed by atoms with Crippen molar-refractivity contribution in [1.82, 2.24) is 10.2 Å². The Kier molecular flexibility index (Phi) is 4.10. The molecular weight excluding hydrogens is 328 g/mol. The van der Waals surface area contributed by atoms with Crippen LogP contribution < -0.4 is 5.32 Å². The molecule has 1 saturated heterocycles. The summed E-state index contributed by atoms with van der Waals surface area (Å²) in [4.78, 5) is 15.4. The quantitative estimate of drug-likeness (QED) is 0.915. The molecule has 0 spiro atoms. The monoisotopic (exact) mass is 344 g/mol. The van der Waals surface area contributed by atoms with E-state index in [0.717, 1.165) is 8.66 Å². The van der Waals surface area contributed by atoms with Gasteiger partial charge in [-0.15, -0.1) is 11.3 Å². The highest BCUT2D eigenvalue weighted by atomic mass is 79.9. The highest BCUT2D eigenvalue weighted by Gasteiger charge is 2.39. The van der Waals surface area contributed by atoms with Crippen LogP contribution in [0.2, 0.25) is 0 Å². The molecule has 0 bridgehead atoms.